The van der Waals surface area contributed by atoms with Gasteiger partial charge >= 0.3 is 0 Å². The van der Waals surface area contributed by atoms with E-state index in [1.807, 2.05) is 0 Å². The Morgan fingerprint density at radius 3 is 1.78 bits per heavy atom. The van der Waals surface area contributed by atoms with Crippen molar-refractivity contribution in [1.29, 1.82) is 0 Å². The molecule has 1 aromatic rings. The van der Waals surface area contributed by atoms with E-state index in [0.717, 1.165) is 0 Å². The van der Waals surface area contributed by atoms with Gasteiger partial charge in [0.1, 0.15) is 0 Å². The van der Waals surface area contributed by atoms with Crippen LogP contribution < -0.4 is 0 Å². The van der Waals surface area contributed by atoms with Crippen molar-refractivity contribution in [2.24, 2.45) is 0 Å². The standard InChI is InChI=1S/C8H8.H2O/c1-6-2-7-4-8(3-6)5-7;/h2-4H,5H2,1H3;1H2. The van der Waals surface area contributed by atoms with Gasteiger partial charge in [-0.2, -0.15) is 0 Å². The van der Waals surface area contributed by atoms with Crippen molar-refractivity contribution in [3.05, 3.63) is 34.9 Å². The van der Waals surface area contributed by atoms with Crippen LogP contribution in [0.25, 0.3) is 0 Å². The summed E-state index contributed by atoms with van der Waals surface area (Å²) < 4.78 is 0. The fourth-order valence-corrected chi connectivity index (χ4v) is 1.26. The molecule has 0 aromatic heterocycles. The van der Waals surface area contributed by atoms with Crippen LogP contribution in [0.3, 0.4) is 0 Å². The van der Waals surface area contributed by atoms with Crippen molar-refractivity contribution in [1.82, 2.24) is 0 Å². The molecule has 3 rings (SSSR count). The van der Waals surface area contributed by atoms with E-state index in [1.165, 1.54) is 23.1 Å². The van der Waals surface area contributed by atoms with Crippen molar-refractivity contribution in [2.45, 2.75) is 13.3 Å². The molecule has 2 aliphatic rings. The van der Waals surface area contributed by atoms with E-state index in [0.29, 0.717) is 0 Å². The minimum absolute atomic E-state index is 0. The maximum atomic E-state index is 2.24. The van der Waals surface area contributed by atoms with Crippen LogP contribution in [0.15, 0.2) is 18.2 Å². The highest BCUT2D eigenvalue weighted by molar-refractivity contribution is 5.41. The Kier molecular flexibility index (Phi) is 1.29. The molecule has 2 bridgehead atoms. The molecule has 1 aromatic carbocycles. The van der Waals surface area contributed by atoms with Crippen LogP contribution in [-0.4, -0.2) is 5.48 Å². The fourth-order valence-electron chi connectivity index (χ4n) is 1.26. The minimum Gasteiger partial charge on any atom is -0.412 e. The summed E-state index contributed by atoms with van der Waals surface area (Å²) in [6.07, 6.45) is 1.22. The highest BCUT2D eigenvalue weighted by Crippen LogP contribution is 2.22. The first-order valence-electron chi connectivity index (χ1n) is 2.94. The molecule has 0 saturated heterocycles. The van der Waals surface area contributed by atoms with Gasteiger partial charge in [-0.3, -0.25) is 0 Å². The molecule has 0 atom stereocenters. The second-order valence-corrected chi connectivity index (χ2v) is 2.50. The molecule has 0 amide bonds. The summed E-state index contributed by atoms with van der Waals surface area (Å²) in [4.78, 5) is 0. The molecule has 0 spiro atoms. The average molecular weight is 122 g/mol. The first-order chi connectivity index (χ1) is 3.84. The monoisotopic (exact) mass is 122 g/mol. The summed E-state index contributed by atoms with van der Waals surface area (Å²) in [5.74, 6) is 0. The van der Waals surface area contributed by atoms with Crippen molar-refractivity contribution in [3.8, 4) is 0 Å². The Morgan fingerprint density at radius 1 is 1.11 bits per heavy atom. The predicted octanol–water partition coefficient (Wildman–Crippen LogP) is 1.07. The van der Waals surface area contributed by atoms with Crippen molar-refractivity contribution < 1.29 is 5.48 Å². The molecule has 0 fully saturated rings. The van der Waals surface area contributed by atoms with Crippen LogP contribution in [0.1, 0.15) is 16.7 Å². The zero-order chi connectivity index (χ0) is 5.56. The molecule has 0 heterocycles. The van der Waals surface area contributed by atoms with Gasteiger partial charge in [-0.15, -0.1) is 0 Å². The van der Waals surface area contributed by atoms with Gasteiger partial charge in [-0.05, 0) is 24.5 Å². The van der Waals surface area contributed by atoms with E-state index in [2.05, 4.69) is 25.1 Å². The van der Waals surface area contributed by atoms with Gasteiger partial charge in [0.05, 0.1) is 0 Å². The first-order valence-corrected chi connectivity index (χ1v) is 2.94. The zero-order valence-corrected chi connectivity index (χ0v) is 5.44. The Hall–Kier alpha value is -0.820. The Bertz CT molecular complexity index is 206. The van der Waals surface area contributed by atoms with Crippen LogP contribution in [0.4, 0.5) is 0 Å². The highest BCUT2D eigenvalue weighted by atomic mass is 16.0. The maximum absolute atomic E-state index is 2.24. The topological polar surface area (TPSA) is 31.5 Å². The summed E-state index contributed by atoms with van der Waals surface area (Å²) in [5, 5.41) is 0. The number of rotatable bonds is 0. The van der Waals surface area contributed by atoms with Gasteiger partial charge in [0.15, 0.2) is 0 Å². The molecule has 9 heavy (non-hydrogen) atoms. The van der Waals surface area contributed by atoms with Crippen molar-refractivity contribution in [2.75, 3.05) is 0 Å². The molecular formula is C8H10O. The SMILES string of the molecule is Cc1cc2cc(c1)C2.O. The van der Waals surface area contributed by atoms with E-state index in [-0.39, 0.29) is 5.48 Å². The van der Waals surface area contributed by atoms with E-state index in [4.69, 9.17) is 0 Å². The largest absolute Gasteiger partial charge is 0.412 e. The number of aryl methyl sites for hydroxylation is 1. The van der Waals surface area contributed by atoms with Crippen LogP contribution in [0.2, 0.25) is 0 Å². The molecule has 0 saturated carbocycles. The Balaban J connectivity index is 0.000000405. The fraction of sp³-hybridized carbons (Fsp3) is 0.250. The molecule has 0 aliphatic heterocycles. The summed E-state index contributed by atoms with van der Waals surface area (Å²) in [5.41, 5.74) is 4.41. The quantitative estimate of drug-likeness (QED) is 0.500. The Labute approximate surface area is 54.6 Å². The second kappa shape index (κ2) is 1.85. The van der Waals surface area contributed by atoms with Gasteiger partial charge in [0.25, 0.3) is 0 Å². The first kappa shape index (κ1) is 6.30. The number of benzene rings is 1. The molecule has 48 valence electrons. The molecule has 2 aliphatic carbocycles. The van der Waals surface area contributed by atoms with Gasteiger partial charge in [-0.25, -0.2) is 0 Å². The van der Waals surface area contributed by atoms with E-state index in [1.54, 1.807) is 0 Å². The van der Waals surface area contributed by atoms with Crippen LogP contribution >= 0.6 is 0 Å². The number of hydrogen-bond acceptors (Lipinski definition) is 0. The van der Waals surface area contributed by atoms with Crippen molar-refractivity contribution in [3.63, 3.8) is 0 Å². The molecule has 0 radical (unpaired) electrons. The van der Waals surface area contributed by atoms with Gasteiger partial charge in [0.2, 0.25) is 0 Å². The third-order valence-electron chi connectivity index (χ3n) is 1.61. The normalized spacial score (nSPS) is 11.7. The summed E-state index contributed by atoms with van der Waals surface area (Å²) in [6.45, 7) is 2.14. The smallest absolute Gasteiger partial charge is 0.00254 e. The van der Waals surface area contributed by atoms with Crippen LogP contribution in [0, 0.1) is 6.92 Å². The van der Waals surface area contributed by atoms with Gasteiger partial charge < -0.3 is 5.48 Å². The van der Waals surface area contributed by atoms with Crippen LogP contribution in [-0.2, 0) is 6.42 Å². The maximum Gasteiger partial charge on any atom is -0.00254 e. The molecular weight excluding hydrogens is 112 g/mol. The molecule has 2 N–H and O–H groups in total. The highest BCUT2D eigenvalue weighted by Gasteiger charge is 2.07. The van der Waals surface area contributed by atoms with Gasteiger partial charge in [-0.1, -0.05) is 23.8 Å². The summed E-state index contributed by atoms with van der Waals surface area (Å²) in [7, 11) is 0. The third-order valence-corrected chi connectivity index (χ3v) is 1.61. The molecule has 1 heteroatoms. The second-order valence-electron chi connectivity index (χ2n) is 2.50. The zero-order valence-electron chi connectivity index (χ0n) is 5.44. The molecule has 0 unspecified atom stereocenters. The van der Waals surface area contributed by atoms with Gasteiger partial charge in [0, 0.05) is 0 Å². The Morgan fingerprint density at radius 2 is 1.56 bits per heavy atom. The van der Waals surface area contributed by atoms with Crippen molar-refractivity contribution >= 4 is 0 Å². The van der Waals surface area contributed by atoms with E-state index < -0.39 is 0 Å². The summed E-state index contributed by atoms with van der Waals surface area (Å²) in [6, 6.07) is 6.73. The predicted molar refractivity (Wildman–Crippen MR) is 37.6 cm³/mol. The lowest BCUT2D eigenvalue weighted by Crippen LogP contribution is -2.00. The van der Waals surface area contributed by atoms with E-state index >= 15 is 0 Å². The molecule has 1 nitrogen and oxygen atoms in total. The lowest BCUT2D eigenvalue weighted by atomic mass is 9.91. The minimum atomic E-state index is 0. The lowest BCUT2D eigenvalue weighted by Gasteiger charge is -2.14. The lowest BCUT2D eigenvalue weighted by molar-refractivity contribution is 0.824. The number of hydrogen-bond donors (Lipinski definition) is 0. The van der Waals surface area contributed by atoms with E-state index in [9.17, 15) is 0 Å². The van der Waals surface area contributed by atoms with Crippen LogP contribution in [0.5, 0.6) is 0 Å². The average Bonchev–Trinajstić information content (AvgIpc) is 1.62. The number of fused-ring (bicyclic) bond motifs is 2. The summed E-state index contributed by atoms with van der Waals surface area (Å²) >= 11 is 0. The third kappa shape index (κ3) is 0.836.